The summed E-state index contributed by atoms with van der Waals surface area (Å²) >= 11 is 0. The number of ether oxygens (including phenoxy) is 3. The van der Waals surface area contributed by atoms with E-state index < -0.39 is 5.92 Å². The molecule has 2 aliphatic heterocycles. The number of carbonyl (C=O) groups is 2. The van der Waals surface area contributed by atoms with Crippen molar-refractivity contribution >= 4 is 17.6 Å². The maximum atomic E-state index is 12.7. The molecule has 6 nitrogen and oxygen atoms in total. The first-order valence-corrected chi connectivity index (χ1v) is 9.57. The Balaban J connectivity index is 1.48. The van der Waals surface area contributed by atoms with Crippen LogP contribution in [0.2, 0.25) is 0 Å². The second-order valence-corrected chi connectivity index (χ2v) is 7.21. The number of para-hydroxylation sites is 1. The molecule has 0 spiro atoms. The number of hydrogen-bond acceptors (Lipinski definition) is 5. The van der Waals surface area contributed by atoms with Gasteiger partial charge in [0.25, 0.3) is 0 Å². The highest BCUT2D eigenvalue weighted by atomic mass is 16.7. The molecule has 146 valence electrons. The van der Waals surface area contributed by atoms with Crippen LogP contribution in [0, 0.1) is 5.92 Å². The van der Waals surface area contributed by atoms with Gasteiger partial charge in [0.05, 0.1) is 5.92 Å². The topological polar surface area (TPSA) is 65.1 Å². The summed E-state index contributed by atoms with van der Waals surface area (Å²) in [4.78, 5) is 26.9. The molecule has 2 unspecified atom stereocenters. The van der Waals surface area contributed by atoms with Crippen molar-refractivity contribution in [2.75, 3.05) is 18.2 Å². The Morgan fingerprint density at radius 2 is 2.00 bits per heavy atom. The van der Waals surface area contributed by atoms with Crippen molar-refractivity contribution in [1.82, 2.24) is 0 Å². The summed E-state index contributed by atoms with van der Waals surface area (Å²) in [5, 5.41) is 0. The third kappa shape index (κ3) is 3.42. The van der Waals surface area contributed by atoms with Crippen LogP contribution in [0.15, 0.2) is 42.5 Å². The van der Waals surface area contributed by atoms with E-state index in [0.29, 0.717) is 35.4 Å². The number of nitrogens with zero attached hydrogens (tertiary/aromatic N) is 1. The molecule has 0 aliphatic carbocycles. The van der Waals surface area contributed by atoms with Crippen molar-refractivity contribution in [2.24, 2.45) is 5.92 Å². The molecule has 1 amide bonds. The molecule has 0 N–H and O–H groups in total. The summed E-state index contributed by atoms with van der Waals surface area (Å²) in [6.07, 6.45) is 1.09. The number of rotatable bonds is 5. The van der Waals surface area contributed by atoms with E-state index >= 15 is 0 Å². The number of benzene rings is 2. The monoisotopic (exact) mass is 381 g/mol. The highest BCUT2D eigenvalue weighted by Gasteiger charge is 2.37. The standard InChI is InChI=1S/C22H23NO5/c1-3-14(2)17-6-4-5-7-18(17)28-22(25)15-10-21(24)23(12-15)16-8-9-19-20(11-16)27-13-26-19/h4-9,11,14-15H,3,10,12-13H2,1-2H3. The van der Waals surface area contributed by atoms with Gasteiger partial charge in [-0.3, -0.25) is 9.59 Å². The fourth-order valence-corrected chi connectivity index (χ4v) is 3.56. The molecule has 2 heterocycles. The second-order valence-electron chi connectivity index (χ2n) is 7.21. The highest BCUT2D eigenvalue weighted by Crippen LogP contribution is 2.37. The van der Waals surface area contributed by atoms with Crippen LogP contribution in [0.1, 0.15) is 38.2 Å². The molecule has 2 atom stereocenters. The second kappa shape index (κ2) is 7.54. The maximum Gasteiger partial charge on any atom is 0.316 e. The van der Waals surface area contributed by atoms with Gasteiger partial charge in [0.2, 0.25) is 12.7 Å². The van der Waals surface area contributed by atoms with Crippen molar-refractivity contribution < 1.29 is 23.8 Å². The summed E-state index contributed by atoms with van der Waals surface area (Å²) in [7, 11) is 0. The summed E-state index contributed by atoms with van der Waals surface area (Å²) < 4.78 is 16.4. The zero-order chi connectivity index (χ0) is 19.7. The number of amides is 1. The summed E-state index contributed by atoms with van der Waals surface area (Å²) in [5.41, 5.74) is 1.71. The van der Waals surface area contributed by atoms with Crippen LogP contribution in [0.3, 0.4) is 0 Å². The first-order valence-electron chi connectivity index (χ1n) is 9.57. The first kappa shape index (κ1) is 18.3. The molecule has 28 heavy (non-hydrogen) atoms. The van der Waals surface area contributed by atoms with Gasteiger partial charge in [0, 0.05) is 24.7 Å². The number of carbonyl (C=O) groups excluding carboxylic acids is 2. The molecular weight excluding hydrogens is 358 g/mol. The number of anilines is 1. The lowest BCUT2D eigenvalue weighted by Gasteiger charge is -2.18. The van der Waals surface area contributed by atoms with Crippen LogP contribution in [-0.2, 0) is 9.59 Å². The predicted molar refractivity (Wildman–Crippen MR) is 104 cm³/mol. The van der Waals surface area contributed by atoms with E-state index in [2.05, 4.69) is 13.8 Å². The van der Waals surface area contributed by atoms with Crippen LogP contribution in [0.25, 0.3) is 0 Å². The fourth-order valence-electron chi connectivity index (χ4n) is 3.56. The Bertz CT molecular complexity index is 910. The van der Waals surface area contributed by atoms with Gasteiger partial charge in [-0.2, -0.15) is 0 Å². The van der Waals surface area contributed by atoms with Crippen LogP contribution >= 0.6 is 0 Å². The van der Waals surface area contributed by atoms with Crippen molar-refractivity contribution in [1.29, 1.82) is 0 Å². The van der Waals surface area contributed by atoms with E-state index in [1.165, 1.54) is 0 Å². The SMILES string of the molecule is CCC(C)c1ccccc1OC(=O)C1CC(=O)N(c2ccc3c(c2)OCO3)C1. The molecule has 0 saturated carbocycles. The number of fused-ring (bicyclic) bond motifs is 1. The van der Waals surface area contributed by atoms with E-state index in [1.807, 2.05) is 24.3 Å². The summed E-state index contributed by atoms with van der Waals surface area (Å²) in [6.45, 7) is 4.68. The van der Waals surface area contributed by atoms with E-state index in [9.17, 15) is 9.59 Å². The average molecular weight is 381 g/mol. The molecule has 2 aromatic rings. The van der Waals surface area contributed by atoms with Gasteiger partial charge in [-0.05, 0) is 36.1 Å². The van der Waals surface area contributed by atoms with Crippen LogP contribution in [0.5, 0.6) is 17.2 Å². The van der Waals surface area contributed by atoms with Crippen LogP contribution in [0.4, 0.5) is 5.69 Å². The van der Waals surface area contributed by atoms with E-state index in [4.69, 9.17) is 14.2 Å². The lowest BCUT2D eigenvalue weighted by atomic mass is 9.98. The molecule has 6 heteroatoms. The largest absolute Gasteiger partial charge is 0.454 e. The van der Waals surface area contributed by atoms with E-state index in [1.54, 1.807) is 23.1 Å². The molecule has 1 fully saturated rings. The molecule has 0 radical (unpaired) electrons. The third-order valence-electron chi connectivity index (χ3n) is 5.40. The van der Waals surface area contributed by atoms with Gasteiger partial charge in [-0.1, -0.05) is 32.0 Å². The zero-order valence-electron chi connectivity index (χ0n) is 16.0. The minimum atomic E-state index is -0.497. The molecule has 4 rings (SSSR count). The fraction of sp³-hybridized carbons (Fsp3) is 0.364. The maximum absolute atomic E-state index is 12.7. The van der Waals surface area contributed by atoms with Crippen molar-refractivity contribution in [3.8, 4) is 17.2 Å². The van der Waals surface area contributed by atoms with Gasteiger partial charge < -0.3 is 19.1 Å². The van der Waals surface area contributed by atoms with Crippen molar-refractivity contribution in [3.63, 3.8) is 0 Å². The minimum Gasteiger partial charge on any atom is -0.454 e. The molecular formula is C22H23NO5. The lowest BCUT2D eigenvalue weighted by molar-refractivity contribution is -0.139. The summed E-state index contributed by atoms with van der Waals surface area (Å²) in [6, 6.07) is 12.9. The molecule has 1 saturated heterocycles. The number of hydrogen-bond donors (Lipinski definition) is 0. The summed E-state index contributed by atoms with van der Waals surface area (Å²) in [5.74, 6) is 1.17. The molecule has 0 aromatic heterocycles. The Morgan fingerprint density at radius 1 is 1.21 bits per heavy atom. The Kier molecular flexibility index (Phi) is 4.94. The van der Waals surface area contributed by atoms with Gasteiger partial charge in [-0.15, -0.1) is 0 Å². The van der Waals surface area contributed by atoms with Crippen LogP contribution < -0.4 is 19.1 Å². The molecule has 2 aromatic carbocycles. The highest BCUT2D eigenvalue weighted by molar-refractivity contribution is 6.00. The van der Waals surface area contributed by atoms with Gasteiger partial charge in [0.1, 0.15) is 5.75 Å². The Morgan fingerprint density at radius 3 is 2.82 bits per heavy atom. The smallest absolute Gasteiger partial charge is 0.316 e. The quantitative estimate of drug-likeness (QED) is 0.581. The zero-order valence-corrected chi connectivity index (χ0v) is 16.0. The predicted octanol–water partition coefficient (Wildman–Crippen LogP) is 3.89. The normalized spacial score (nSPS) is 19.0. The first-order chi connectivity index (χ1) is 13.6. The van der Waals surface area contributed by atoms with E-state index in [0.717, 1.165) is 12.0 Å². The number of esters is 1. The Hall–Kier alpha value is -3.02. The average Bonchev–Trinajstić information content (AvgIpc) is 3.33. The molecule has 0 bridgehead atoms. The van der Waals surface area contributed by atoms with Gasteiger partial charge in [0.15, 0.2) is 11.5 Å². The van der Waals surface area contributed by atoms with E-state index in [-0.39, 0.29) is 25.1 Å². The Labute approximate surface area is 164 Å². The lowest BCUT2D eigenvalue weighted by Crippen LogP contribution is -2.27. The van der Waals surface area contributed by atoms with Crippen molar-refractivity contribution in [2.45, 2.75) is 32.6 Å². The van der Waals surface area contributed by atoms with Gasteiger partial charge in [-0.25, -0.2) is 0 Å². The minimum absolute atomic E-state index is 0.101. The van der Waals surface area contributed by atoms with Crippen LogP contribution in [-0.4, -0.2) is 25.2 Å². The van der Waals surface area contributed by atoms with Crippen molar-refractivity contribution in [3.05, 3.63) is 48.0 Å². The molecule has 2 aliphatic rings. The third-order valence-corrected chi connectivity index (χ3v) is 5.40. The van der Waals surface area contributed by atoms with Gasteiger partial charge >= 0.3 is 5.97 Å².